The van der Waals surface area contributed by atoms with Crippen molar-refractivity contribution in [3.05, 3.63) is 29.8 Å². The predicted octanol–water partition coefficient (Wildman–Crippen LogP) is 1.59. The van der Waals surface area contributed by atoms with Crippen LogP contribution in [0.1, 0.15) is 24.9 Å². The molecule has 1 aromatic rings. The fraction of sp³-hybridized carbons (Fsp3) is 0.571. The SMILES string of the molecule is CNC(C)c1ccc(N(C)C2CCS(=O)(=O)C2)cc1. The van der Waals surface area contributed by atoms with Crippen LogP contribution in [0.5, 0.6) is 0 Å². The Labute approximate surface area is 115 Å². The lowest BCUT2D eigenvalue weighted by atomic mass is 10.1. The minimum Gasteiger partial charge on any atom is -0.371 e. The Balaban J connectivity index is 2.10. The molecule has 1 aromatic carbocycles. The summed E-state index contributed by atoms with van der Waals surface area (Å²) in [6.45, 7) is 2.11. The van der Waals surface area contributed by atoms with Crippen LogP contribution in [-0.4, -0.2) is 40.1 Å². The second kappa shape index (κ2) is 5.51. The van der Waals surface area contributed by atoms with E-state index >= 15 is 0 Å². The van der Waals surface area contributed by atoms with E-state index in [1.165, 1.54) is 5.56 Å². The van der Waals surface area contributed by atoms with E-state index in [2.05, 4.69) is 41.4 Å². The molecule has 0 bridgehead atoms. The van der Waals surface area contributed by atoms with E-state index in [1.54, 1.807) is 0 Å². The van der Waals surface area contributed by atoms with E-state index in [1.807, 2.05) is 14.1 Å². The molecule has 19 heavy (non-hydrogen) atoms. The van der Waals surface area contributed by atoms with E-state index in [0.717, 1.165) is 12.1 Å². The predicted molar refractivity (Wildman–Crippen MR) is 79.4 cm³/mol. The average molecular weight is 282 g/mol. The average Bonchev–Trinajstić information content (AvgIpc) is 2.77. The lowest BCUT2D eigenvalue weighted by molar-refractivity contribution is 0.601. The highest BCUT2D eigenvalue weighted by molar-refractivity contribution is 7.91. The fourth-order valence-electron chi connectivity index (χ4n) is 2.46. The van der Waals surface area contributed by atoms with Crippen molar-refractivity contribution in [3.8, 4) is 0 Å². The molecule has 0 amide bonds. The third-order valence-corrected chi connectivity index (χ3v) is 5.74. The standard InChI is InChI=1S/C14H22N2O2S/c1-11(15-2)12-4-6-13(7-5-12)16(3)14-8-9-19(17,18)10-14/h4-7,11,14-15H,8-10H2,1-3H3. The van der Waals surface area contributed by atoms with Gasteiger partial charge in [-0.2, -0.15) is 0 Å². The summed E-state index contributed by atoms with van der Waals surface area (Å²) >= 11 is 0. The highest BCUT2D eigenvalue weighted by atomic mass is 32.2. The Morgan fingerprint density at radius 1 is 1.32 bits per heavy atom. The number of nitrogens with one attached hydrogen (secondary N) is 1. The van der Waals surface area contributed by atoms with Crippen LogP contribution in [-0.2, 0) is 9.84 Å². The third-order valence-electron chi connectivity index (χ3n) is 3.99. The molecule has 1 aliphatic rings. The van der Waals surface area contributed by atoms with Gasteiger partial charge in [0, 0.05) is 24.8 Å². The van der Waals surface area contributed by atoms with E-state index in [9.17, 15) is 8.42 Å². The lowest BCUT2D eigenvalue weighted by Gasteiger charge is -2.26. The first-order chi connectivity index (χ1) is 8.93. The topological polar surface area (TPSA) is 49.4 Å². The van der Waals surface area contributed by atoms with Crippen molar-refractivity contribution in [2.75, 3.05) is 30.5 Å². The lowest BCUT2D eigenvalue weighted by Crippen LogP contribution is -2.32. The maximum atomic E-state index is 11.5. The van der Waals surface area contributed by atoms with Gasteiger partial charge in [-0.3, -0.25) is 0 Å². The summed E-state index contributed by atoms with van der Waals surface area (Å²) in [5, 5.41) is 3.20. The number of benzene rings is 1. The second-order valence-electron chi connectivity index (χ2n) is 5.27. The Morgan fingerprint density at radius 3 is 2.42 bits per heavy atom. The number of hydrogen-bond acceptors (Lipinski definition) is 4. The Bertz CT molecular complexity index is 525. The zero-order chi connectivity index (χ0) is 14.0. The summed E-state index contributed by atoms with van der Waals surface area (Å²) in [7, 11) is 1.09. The summed E-state index contributed by atoms with van der Waals surface area (Å²) in [5.74, 6) is 0.592. The van der Waals surface area contributed by atoms with Crippen molar-refractivity contribution in [3.63, 3.8) is 0 Å². The third kappa shape index (κ3) is 3.28. The highest BCUT2D eigenvalue weighted by Crippen LogP contribution is 2.24. The van der Waals surface area contributed by atoms with Crippen molar-refractivity contribution in [2.24, 2.45) is 0 Å². The van der Waals surface area contributed by atoms with Crippen molar-refractivity contribution >= 4 is 15.5 Å². The molecule has 0 radical (unpaired) electrons. The van der Waals surface area contributed by atoms with Gasteiger partial charge in [0.2, 0.25) is 0 Å². The second-order valence-corrected chi connectivity index (χ2v) is 7.50. The molecule has 1 aliphatic heterocycles. The number of hydrogen-bond donors (Lipinski definition) is 1. The van der Waals surface area contributed by atoms with Gasteiger partial charge in [0.1, 0.15) is 0 Å². The minimum atomic E-state index is -2.83. The van der Waals surface area contributed by atoms with Crippen LogP contribution in [0.2, 0.25) is 0 Å². The van der Waals surface area contributed by atoms with E-state index in [0.29, 0.717) is 11.8 Å². The number of nitrogens with zero attached hydrogens (tertiary/aromatic N) is 1. The van der Waals surface area contributed by atoms with E-state index in [4.69, 9.17) is 0 Å². The van der Waals surface area contributed by atoms with Gasteiger partial charge in [0.25, 0.3) is 0 Å². The molecular weight excluding hydrogens is 260 g/mol. The van der Waals surface area contributed by atoms with Crippen LogP contribution in [0.15, 0.2) is 24.3 Å². The first-order valence-electron chi connectivity index (χ1n) is 6.63. The Hall–Kier alpha value is -1.07. The first-order valence-corrected chi connectivity index (χ1v) is 8.45. The highest BCUT2D eigenvalue weighted by Gasteiger charge is 2.30. The maximum absolute atomic E-state index is 11.5. The van der Waals surface area contributed by atoms with Crippen LogP contribution in [0.25, 0.3) is 0 Å². The maximum Gasteiger partial charge on any atom is 0.152 e. The number of anilines is 1. The zero-order valence-corrected chi connectivity index (χ0v) is 12.6. The van der Waals surface area contributed by atoms with Gasteiger partial charge >= 0.3 is 0 Å². The van der Waals surface area contributed by atoms with Crippen LogP contribution >= 0.6 is 0 Å². The van der Waals surface area contributed by atoms with Crippen molar-refractivity contribution in [1.29, 1.82) is 0 Å². The Morgan fingerprint density at radius 2 is 1.95 bits per heavy atom. The first kappa shape index (κ1) is 14.3. The summed E-state index contributed by atoms with van der Waals surface area (Å²) in [4.78, 5) is 2.08. The molecule has 5 heteroatoms. The van der Waals surface area contributed by atoms with E-state index < -0.39 is 9.84 Å². The molecule has 1 saturated heterocycles. The number of sulfone groups is 1. The summed E-state index contributed by atoms with van der Waals surface area (Å²) < 4.78 is 23.0. The van der Waals surface area contributed by atoms with Gasteiger partial charge in [-0.15, -0.1) is 0 Å². The molecule has 4 nitrogen and oxygen atoms in total. The molecule has 0 aliphatic carbocycles. The number of rotatable bonds is 4. The van der Waals surface area contributed by atoms with E-state index in [-0.39, 0.29) is 11.8 Å². The molecule has 0 aromatic heterocycles. The quantitative estimate of drug-likeness (QED) is 0.911. The molecule has 1 N–H and O–H groups in total. The normalized spacial score (nSPS) is 23.2. The largest absolute Gasteiger partial charge is 0.371 e. The van der Waals surface area contributed by atoms with Gasteiger partial charge in [-0.05, 0) is 38.1 Å². The smallest absolute Gasteiger partial charge is 0.152 e. The molecule has 1 heterocycles. The van der Waals surface area contributed by atoms with Crippen LogP contribution < -0.4 is 10.2 Å². The van der Waals surface area contributed by atoms with Crippen molar-refractivity contribution in [1.82, 2.24) is 5.32 Å². The van der Waals surface area contributed by atoms with Crippen molar-refractivity contribution in [2.45, 2.75) is 25.4 Å². The molecule has 1 fully saturated rings. The monoisotopic (exact) mass is 282 g/mol. The van der Waals surface area contributed by atoms with Gasteiger partial charge in [0.15, 0.2) is 9.84 Å². The fourth-order valence-corrected chi connectivity index (χ4v) is 4.23. The van der Waals surface area contributed by atoms with Crippen LogP contribution in [0, 0.1) is 0 Å². The van der Waals surface area contributed by atoms with Crippen molar-refractivity contribution < 1.29 is 8.42 Å². The van der Waals surface area contributed by atoms with Crippen LogP contribution in [0.4, 0.5) is 5.69 Å². The summed E-state index contributed by atoms with van der Waals surface area (Å²) in [5.41, 5.74) is 2.31. The van der Waals surface area contributed by atoms with Gasteiger partial charge < -0.3 is 10.2 Å². The van der Waals surface area contributed by atoms with Gasteiger partial charge in [-0.1, -0.05) is 12.1 Å². The Kier molecular flexibility index (Phi) is 4.16. The molecular formula is C14H22N2O2S. The molecule has 2 atom stereocenters. The van der Waals surface area contributed by atoms with Gasteiger partial charge in [-0.25, -0.2) is 8.42 Å². The van der Waals surface area contributed by atoms with Gasteiger partial charge in [0.05, 0.1) is 11.5 Å². The molecule has 0 spiro atoms. The molecule has 2 unspecified atom stereocenters. The minimum absolute atomic E-state index is 0.109. The summed E-state index contributed by atoms with van der Waals surface area (Å²) in [6.07, 6.45) is 0.730. The summed E-state index contributed by atoms with van der Waals surface area (Å²) in [6, 6.07) is 8.75. The molecule has 106 valence electrons. The zero-order valence-electron chi connectivity index (χ0n) is 11.8. The molecule has 2 rings (SSSR count). The van der Waals surface area contributed by atoms with Crippen LogP contribution in [0.3, 0.4) is 0 Å². The molecule has 0 saturated carbocycles.